The molecule has 0 aliphatic carbocycles. The Balaban J connectivity index is 1.25. The molecule has 266 valence electrons. The van der Waals surface area contributed by atoms with Gasteiger partial charge in [0.25, 0.3) is 5.91 Å². The largest absolute Gasteiger partial charge is 0.494 e. The number of nitrogens with zero attached hydrogens (tertiary/aromatic N) is 5. The van der Waals surface area contributed by atoms with Gasteiger partial charge in [-0.05, 0) is 106 Å². The Morgan fingerprint density at radius 2 is 1.71 bits per heavy atom. The molecular formula is C41H46ClN5O4. The van der Waals surface area contributed by atoms with E-state index >= 15 is 0 Å². The van der Waals surface area contributed by atoms with E-state index in [1.807, 2.05) is 61.7 Å². The van der Waals surface area contributed by atoms with Crippen molar-refractivity contribution in [2.24, 2.45) is 7.05 Å². The summed E-state index contributed by atoms with van der Waals surface area (Å²) in [7, 11) is 1.97. The number of benzene rings is 3. The maximum Gasteiger partial charge on any atom is 0.337 e. The summed E-state index contributed by atoms with van der Waals surface area (Å²) < 4.78 is 10.4. The molecule has 0 unspecified atom stereocenters. The standard InChI is InChI=1S/C41H46ClN5O4/c1-25-21-30(22-26(2)37(25)42)51-20-9-13-32-31-11-8-12-33(36-27(3)43-44(5)28(36)4)38(31)47-19-10-18-46(40(48)39(32)47)24-29-14-15-35(34(23-29)41(49)50)45-16-6-7-17-45/h8,11-12,14-15,21-23H,6-7,9-10,13,16-20,24H2,1-5H3,(H,49,50). The average molecular weight is 708 g/mol. The van der Waals surface area contributed by atoms with E-state index in [1.165, 1.54) is 0 Å². The number of ether oxygens (including phenoxy) is 1. The van der Waals surface area contributed by atoms with Crippen LogP contribution < -0.4 is 9.64 Å². The van der Waals surface area contributed by atoms with Crippen LogP contribution in [-0.2, 0) is 26.6 Å². The summed E-state index contributed by atoms with van der Waals surface area (Å²) in [6.45, 7) is 11.9. The second-order valence-electron chi connectivity index (χ2n) is 14.1. The van der Waals surface area contributed by atoms with E-state index in [4.69, 9.17) is 21.4 Å². The predicted molar refractivity (Wildman–Crippen MR) is 203 cm³/mol. The van der Waals surface area contributed by atoms with Crippen molar-refractivity contribution in [2.45, 2.75) is 72.9 Å². The summed E-state index contributed by atoms with van der Waals surface area (Å²) in [5, 5.41) is 16.7. The molecule has 7 rings (SSSR count). The monoisotopic (exact) mass is 707 g/mol. The Kier molecular flexibility index (Phi) is 9.59. The zero-order chi connectivity index (χ0) is 36.0. The predicted octanol–water partition coefficient (Wildman–Crippen LogP) is 8.28. The topological polar surface area (TPSA) is 92.8 Å². The minimum atomic E-state index is -0.942. The van der Waals surface area contributed by atoms with Gasteiger partial charge in [0.2, 0.25) is 0 Å². The Labute approximate surface area is 304 Å². The van der Waals surface area contributed by atoms with E-state index in [0.29, 0.717) is 43.9 Å². The van der Waals surface area contributed by atoms with E-state index in [2.05, 4.69) is 34.6 Å². The van der Waals surface area contributed by atoms with Crippen LogP contribution >= 0.6 is 11.6 Å². The lowest BCUT2D eigenvalue weighted by Gasteiger charge is -2.23. The molecular weight excluding hydrogens is 662 g/mol. The SMILES string of the molecule is Cc1cc(OCCCc2c3n(c4c(-c5c(C)nn(C)c5C)cccc24)CCCN(Cc2ccc(N4CCCC4)c(C(=O)O)c2)C3=O)cc(C)c1Cl. The first-order valence-electron chi connectivity index (χ1n) is 18.0. The summed E-state index contributed by atoms with van der Waals surface area (Å²) in [6.07, 6.45) is 4.28. The molecule has 9 nitrogen and oxygen atoms in total. The van der Waals surface area contributed by atoms with Gasteiger partial charge in [-0.3, -0.25) is 9.48 Å². The van der Waals surface area contributed by atoms with Crippen LogP contribution in [0, 0.1) is 27.7 Å². The molecule has 0 atom stereocenters. The second-order valence-corrected chi connectivity index (χ2v) is 14.5. The number of carboxylic acids is 1. The number of anilines is 1. The number of carbonyl (C=O) groups excluding carboxylic acids is 1. The highest BCUT2D eigenvalue weighted by atomic mass is 35.5. The normalized spacial score (nSPS) is 14.7. The summed E-state index contributed by atoms with van der Waals surface area (Å²) in [6, 6.07) is 16.0. The van der Waals surface area contributed by atoms with Crippen LogP contribution in [0.25, 0.3) is 22.0 Å². The van der Waals surface area contributed by atoms with Crippen molar-refractivity contribution in [1.29, 1.82) is 0 Å². The van der Waals surface area contributed by atoms with Crippen molar-refractivity contribution < 1.29 is 19.4 Å². The third kappa shape index (κ3) is 6.48. The van der Waals surface area contributed by atoms with Crippen LogP contribution in [0.4, 0.5) is 5.69 Å². The van der Waals surface area contributed by atoms with Crippen LogP contribution in [0.2, 0.25) is 5.02 Å². The molecule has 5 aromatic rings. The first-order valence-corrected chi connectivity index (χ1v) is 18.4. The van der Waals surface area contributed by atoms with Crippen molar-refractivity contribution in [3.63, 3.8) is 0 Å². The third-order valence-corrected chi connectivity index (χ3v) is 11.2. The smallest absolute Gasteiger partial charge is 0.337 e. The van der Waals surface area contributed by atoms with Crippen molar-refractivity contribution in [3.8, 4) is 16.9 Å². The highest BCUT2D eigenvalue weighted by Crippen LogP contribution is 2.39. The first kappa shape index (κ1) is 34.7. The lowest BCUT2D eigenvalue weighted by atomic mass is 9.98. The number of aryl methyl sites for hydroxylation is 6. The molecule has 51 heavy (non-hydrogen) atoms. The van der Waals surface area contributed by atoms with Gasteiger partial charge in [-0.25, -0.2) is 4.79 Å². The van der Waals surface area contributed by atoms with E-state index < -0.39 is 5.97 Å². The lowest BCUT2D eigenvalue weighted by Crippen LogP contribution is -2.31. The second kappa shape index (κ2) is 14.1. The maximum absolute atomic E-state index is 14.8. The molecule has 3 aromatic carbocycles. The van der Waals surface area contributed by atoms with Gasteiger partial charge in [-0.2, -0.15) is 5.10 Å². The number of aromatic carboxylic acids is 1. The molecule has 0 saturated carbocycles. The number of aromatic nitrogens is 3. The fourth-order valence-corrected chi connectivity index (χ4v) is 8.23. The molecule has 1 amide bonds. The molecule has 0 spiro atoms. The number of amides is 1. The summed E-state index contributed by atoms with van der Waals surface area (Å²) >= 11 is 6.40. The number of carboxylic acid groups (broad SMARTS) is 1. The van der Waals surface area contributed by atoms with Crippen molar-refractivity contribution >= 4 is 40.1 Å². The van der Waals surface area contributed by atoms with Gasteiger partial charge in [-0.1, -0.05) is 35.9 Å². The number of halogens is 1. The van der Waals surface area contributed by atoms with Crippen molar-refractivity contribution in [1.82, 2.24) is 19.2 Å². The third-order valence-electron chi connectivity index (χ3n) is 10.6. The fourth-order valence-electron chi connectivity index (χ4n) is 8.12. The fraction of sp³-hybridized carbons (Fsp3) is 0.390. The minimum Gasteiger partial charge on any atom is -0.494 e. The zero-order valence-corrected chi connectivity index (χ0v) is 30.9. The Morgan fingerprint density at radius 1 is 0.961 bits per heavy atom. The molecule has 1 N–H and O–H groups in total. The molecule has 2 aromatic heterocycles. The maximum atomic E-state index is 14.8. The van der Waals surface area contributed by atoms with Gasteiger partial charge in [0.1, 0.15) is 11.4 Å². The van der Waals surface area contributed by atoms with Gasteiger partial charge in [-0.15, -0.1) is 0 Å². The van der Waals surface area contributed by atoms with E-state index in [0.717, 1.165) is 111 Å². The molecule has 0 radical (unpaired) electrons. The first-order chi connectivity index (χ1) is 24.5. The summed E-state index contributed by atoms with van der Waals surface area (Å²) in [4.78, 5) is 31.2. The van der Waals surface area contributed by atoms with Gasteiger partial charge in [0, 0.05) is 67.0 Å². The number of hydrogen-bond acceptors (Lipinski definition) is 5. The van der Waals surface area contributed by atoms with Crippen molar-refractivity contribution in [2.75, 3.05) is 31.1 Å². The van der Waals surface area contributed by atoms with Gasteiger partial charge >= 0.3 is 5.97 Å². The molecule has 1 saturated heterocycles. The highest BCUT2D eigenvalue weighted by Gasteiger charge is 2.31. The molecule has 2 aliphatic rings. The van der Waals surface area contributed by atoms with Crippen LogP contribution in [-0.4, -0.2) is 62.5 Å². The molecule has 4 heterocycles. The minimum absolute atomic E-state index is 0.0327. The van der Waals surface area contributed by atoms with E-state index in [1.54, 1.807) is 6.07 Å². The molecule has 1 fully saturated rings. The van der Waals surface area contributed by atoms with Crippen molar-refractivity contribution in [3.05, 3.63) is 98.5 Å². The Hall–Kier alpha value is -4.76. The zero-order valence-electron chi connectivity index (χ0n) is 30.2. The average Bonchev–Trinajstić information content (AvgIpc) is 3.78. The van der Waals surface area contributed by atoms with Crippen LogP contribution in [0.3, 0.4) is 0 Å². The van der Waals surface area contributed by atoms with Gasteiger partial charge < -0.3 is 24.2 Å². The van der Waals surface area contributed by atoms with Gasteiger partial charge in [0.15, 0.2) is 0 Å². The van der Waals surface area contributed by atoms with E-state index in [-0.39, 0.29) is 5.91 Å². The summed E-state index contributed by atoms with van der Waals surface area (Å²) in [5.41, 5.74) is 10.8. The molecule has 10 heteroatoms. The number of hydrogen-bond donors (Lipinski definition) is 1. The number of fused-ring (bicyclic) bond motifs is 3. The van der Waals surface area contributed by atoms with Crippen LogP contribution in [0.15, 0.2) is 48.5 Å². The number of rotatable bonds is 10. The Bertz CT molecular complexity index is 2140. The van der Waals surface area contributed by atoms with Crippen LogP contribution in [0.5, 0.6) is 5.75 Å². The van der Waals surface area contributed by atoms with Crippen LogP contribution in [0.1, 0.15) is 80.2 Å². The quantitative estimate of drug-likeness (QED) is 0.147. The van der Waals surface area contributed by atoms with Gasteiger partial charge in [0.05, 0.1) is 29.1 Å². The lowest BCUT2D eigenvalue weighted by molar-refractivity contribution is 0.0697. The Morgan fingerprint density at radius 3 is 2.39 bits per heavy atom. The summed E-state index contributed by atoms with van der Waals surface area (Å²) in [5.74, 6) is -0.184. The van der Waals surface area contributed by atoms with E-state index in [9.17, 15) is 14.7 Å². The molecule has 0 bridgehead atoms. The number of para-hydroxylation sites is 1. The highest BCUT2D eigenvalue weighted by molar-refractivity contribution is 6.32. The molecule has 2 aliphatic heterocycles. The number of carbonyl (C=O) groups is 2.